The van der Waals surface area contributed by atoms with Crippen LogP contribution in [0.1, 0.15) is 16.9 Å². The van der Waals surface area contributed by atoms with Crippen molar-refractivity contribution in [2.75, 3.05) is 24.2 Å². The van der Waals surface area contributed by atoms with Crippen molar-refractivity contribution < 1.29 is 9.59 Å². The summed E-state index contributed by atoms with van der Waals surface area (Å²) in [5.74, 6) is 0.134. The Hall–Kier alpha value is -2.96. The van der Waals surface area contributed by atoms with Gasteiger partial charge in [-0.25, -0.2) is 0 Å². The van der Waals surface area contributed by atoms with Gasteiger partial charge in [0.1, 0.15) is 5.82 Å². The highest BCUT2D eigenvalue weighted by atomic mass is 16.2. The lowest BCUT2D eigenvalue weighted by Gasteiger charge is -2.07. The first-order chi connectivity index (χ1) is 10.7. The van der Waals surface area contributed by atoms with Crippen molar-refractivity contribution in [3.63, 3.8) is 0 Å². The predicted octanol–water partition coefficient (Wildman–Crippen LogP) is 1.28. The normalized spacial score (nSPS) is 9.86. The molecule has 0 aliphatic heterocycles. The molecule has 0 spiro atoms. The highest BCUT2D eigenvalue weighted by Gasteiger charge is 2.06. The zero-order valence-electron chi connectivity index (χ0n) is 12.2. The quantitative estimate of drug-likeness (QED) is 0.746. The standard InChI is InChI=1S/C15H17N5O2/c1-16-15(22)12-7-8-13(20-19-12)17-10-9-14(21)18-11-5-3-2-4-6-11/h2-8H,9-10H2,1H3,(H,16,22)(H,17,20)(H,18,21). The van der Waals surface area contributed by atoms with Gasteiger partial charge in [0, 0.05) is 25.7 Å². The van der Waals surface area contributed by atoms with Gasteiger partial charge in [0.05, 0.1) is 0 Å². The maximum atomic E-state index is 11.7. The lowest BCUT2D eigenvalue weighted by molar-refractivity contribution is -0.115. The molecular formula is C15H17N5O2. The molecule has 7 nitrogen and oxygen atoms in total. The largest absolute Gasteiger partial charge is 0.368 e. The Balaban J connectivity index is 1.76. The molecule has 22 heavy (non-hydrogen) atoms. The molecule has 2 amide bonds. The number of carbonyl (C=O) groups excluding carboxylic acids is 2. The minimum Gasteiger partial charge on any atom is -0.368 e. The smallest absolute Gasteiger partial charge is 0.271 e. The number of nitrogens with one attached hydrogen (secondary N) is 3. The molecule has 3 N–H and O–H groups in total. The first-order valence-electron chi connectivity index (χ1n) is 6.83. The number of hydrogen-bond donors (Lipinski definition) is 3. The van der Waals surface area contributed by atoms with Gasteiger partial charge < -0.3 is 16.0 Å². The van der Waals surface area contributed by atoms with Crippen LogP contribution in [0.5, 0.6) is 0 Å². The number of aromatic nitrogens is 2. The molecular weight excluding hydrogens is 282 g/mol. The summed E-state index contributed by atoms with van der Waals surface area (Å²) in [7, 11) is 1.53. The molecule has 0 saturated heterocycles. The molecule has 1 aromatic carbocycles. The van der Waals surface area contributed by atoms with Gasteiger partial charge in [0.15, 0.2) is 5.69 Å². The van der Waals surface area contributed by atoms with E-state index in [4.69, 9.17) is 0 Å². The van der Waals surface area contributed by atoms with Crippen LogP contribution < -0.4 is 16.0 Å². The zero-order valence-corrected chi connectivity index (χ0v) is 12.2. The molecule has 0 bridgehead atoms. The number of hydrogen-bond acceptors (Lipinski definition) is 5. The van der Waals surface area contributed by atoms with Crippen LogP contribution in [0.15, 0.2) is 42.5 Å². The van der Waals surface area contributed by atoms with Crippen LogP contribution in [0, 0.1) is 0 Å². The predicted molar refractivity (Wildman–Crippen MR) is 83.6 cm³/mol. The number of amides is 2. The third-order valence-electron chi connectivity index (χ3n) is 2.84. The fraction of sp³-hybridized carbons (Fsp3) is 0.200. The number of para-hydroxylation sites is 1. The fourth-order valence-electron chi connectivity index (χ4n) is 1.72. The zero-order chi connectivity index (χ0) is 15.8. The minimum absolute atomic E-state index is 0.0892. The van der Waals surface area contributed by atoms with Crippen LogP contribution in [0.4, 0.5) is 11.5 Å². The van der Waals surface area contributed by atoms with E-state index in [0.29, 0.717) is 18.8 Å². The topological polar surface area (TPSA) is 96.0 Å². The Morgan fingerprint density at radius 3 is 2.45 bits per heavy atom. The highest BCUT2D eigenvalue weighted by Crippen LogP contribution is 2.06. The molecule has 0 aliphatic rings. The fourth-order valence-corrected chi connectivity index (χ4v) is 1.72. The van der Waals surface area contributed by atoms with Crippen molar-refractivity contribution in [3.05, 3.63) is 48.2 Å². The van der Waals surface area contributed by atoms with Gasteiger partial charge in [-0.2, -0.15) is 0 Å². The van der Waals surface area contributed by atoms with E-state index in [2.05, 4.69) is 26.1 Å². The van der Waals surface area contributed by atoms with E-state index in [9.17, 15) is 9.59 Å². The first-order valence-corrected chi connectivity index (χ1v) is 6.83. The molecule has 0 atom stereocenters. The Labute approximate surface area is 128 Å². The van der Waals surface area contributed by atoms with E-state index >= 15 is 0 Å². The maximum absolute atomic E-state index is 11.7. The van der Waals surface area contributed by atoms with Crippen LogP contribution in [-0.4, -0.2) is 35.6 Å². The average molecular weight is 299 g/mol. The lowest BCUT2D eigenvalue weighted by Crippen LogP contribution is -2.20. The minimum atomic E-state index is -0.290. The van der Waals surface area contributed by atoms with Crippen LogP contribution in [-0.2, 0) is 4.79 Å². The summed E-state index contributed by atoms with van der Waals surface area (Å²) < 4.78 is 0. The monoisotopic (exact) mass is 299 g/mol. The van der Waals surface area contributed by atoms with Crippen LogP contribution >= 0.6 is 0 Å². The third-order valence-corrected chi connectivity index (χ3v) is 2.84. The van der Waals surface area contributed by atoms with Crippen LogP contribution in [0.3, 0.4) is 0 Å². The van der Waals surface area contributed by atoms with Crippen molar-refractivity contribution >= 4 is 23.3 Å². The summed E-state index contributed by atoms with van der Waals surface area (Å²) in [5, 5.41) is 15.9. The van der Waals surface area contributed by atoms with Crippen molar-refractivity contribution in [2.24, 2.45) is 0 Å². The Bertz CT molecular complexity index is 628. The molecule has 2 rings (SSSR count). The van der Waals surface area contributed by atoms with Crippen molar-refractivity contribution in [2.45, 2.75) is 6.42 Å². The number of benzene rings is 1. The number of nitrogens with zero attached hydrogens (tertiary/aromatic N) is 2. The summed E-state index contributed by atoms with van der Waals surface area (Å²) in [5.41, 5.74) is 1.01. The summed E-state index contributed by atoms with van der Waals surface area (Å²) in [6.07, 6.45) is 0.299. The third kappa shape index (κ3) is 4.55. The summed E-state index contributed by atoms with van der Waals surface area (Å²) in [4.78, 5) is 23.1. The van der Waals surface area contributed by atoms with Gasteiger partial charge in [-0.1, -0.05) is 18.2 Å². The van der Waals surface area contributed by atoms with Gasteiger partial charge in [-0.15, -0.1) is 10.2 Å². The Morgan fingerprint density at radius 1 is 1.05 bits per heavy atom. The van der Waals surface area contributed by atoms with Crippen molar-refractivity contribution in [3.8, 4) is 0 Å². The number of rotatable bonds is 6. The van der Waals surface area contributed by atoms with E-state index in [1.807, 2.05) is 30.3 Å². The second-order valence-corrected chi connectivity index (χ2v) is 4.47. The molecule has 114 valence electrons. The molecule has 0 unspecified atom stereocenters. The molecule has 0 aliphatic carbocycles. The van der Waals surface area contributed by atoms with E-state index in [-0.39, 0.29) is 17.5 Å². The van der Waals surface area contributed by atoms with E-state index in [1.54, 1.807) is 12.1 Å². The molecule has 1 heterocycles. The van der Waals surface area contributed by atoms with Gasteiger partial charge in [-0.3, -0.25) is 9.59 Å². The SMILES string of the molecule is CNC(=O)c1ccc(NCCC(=O)Nc2ccccc2)nn1. The second-order valence-electron chi connectivity index (χ2n) is 4.47. The highest BCUT2D eigenvalue weighted by molar-refractivity contribution is 5.92. The Morgan fingerprint density at radius 2 is 1.82 bits per heavy atom. The van der Waals surface area contributed by atoms with Gasteiger partial charge in [0.2, 0.25) is 5.91 Å². The van der Waals surface area contributed by atoms with Gasteiger partial charge in [0.25, 0.3) is 5.91 Å². The first kappa shape index (κ1) is 15.4. The Kier molecular flexibility index (Phi) is 5.42. The summed E-state index contributed by atoms with van der Waals surface area (Å²) in [6.45, 7) is 0.423. The maximum Gasteiger partial charge on any atom is 0.271 e. The van der Waals surface area contributed by atoms with Gasteiger partial charge >= 0.3 is 0 Å². The molecule has 0 saturated carbocycles. The van der Waals surface area contributed by atoms with E-state index in [0.717, 1.165) is 5.69 Å². The molecule has 0 radical (unpaired) electrons. The van der Waals surface area contributed by atoms with Gasteiger partial charge in [-0.05, 0) is 24.3 Å². The average Bonchev–Trinajstić information content (AvgIpc) is 2.55. The van der Waals surface area contributed by atoms with E-state index in [1.165, 1.54) is 7.05 Å². The second kappa shape index (κ2) is 7.72. The lowest BCUT2D eigenvalue weighted by atomic mass is 10.3. The summed E-state index contributed by atoms with van der Waals surface area (Å²) >= 11 is 0. The molecule has 1 aromatic heterocycles. The number of carbonyl (C=O) groups is 2. The van der Waals surface area contributed by atoms with Crippen molar-refractivity contribution in [1.29, 1.82) is 0 Å². The van der Waals surface area contributed by atoms with Crippen molar-refractivity contribution in [1.82, 2.24) is 15.5 Å². The molecule has 7 heteroatoms. The van der Waals surface area contributed by atoms with Crippen LogP contribution in [0.25, 0.3) is 0 Å². The summed E-state index contributed by atoms with van der Waals surface area (Å²) in [6, 6.07) is 12.5. The molecule has 0 fully saturated rings. The number of anilines is 2. The molecule has 2 aromatic rings. The van der Waals surface area contributed by atoms with Crippen LogP contribution in [0.2, 0.25) is 0 Å². The van der Waals surface area contributed by atoms with E-state index < -0.39 is 0 Å².